The van der Waals surface area contributed by atoms with Crippen molar-refractivity contribution in [1.82, 2.24) is 4.90 Å². The fourth-order valence-electron chi connectivity index (χ4n) is 2.80. The molecule has 1 atom stereocenters. The van der Waals surface area contributed by atoms with E-state index < -0.39 is 0 Å². The number of carbonyl (C=O) groups excluding carboxylic acids is 2. The van der Waals surface area contributed by atoms with Crippen LogP contribution in [0.25, 0.3) is 0 Å². The predicted molar refractivity (Wildman–Crippen MR) is 87.2 cm³/mol. The van der Waals surface area contributed by atoms with E-state index in [1.165, 1.54) is 12.7 Å². The molecule has 1 saturated heterocycles. The van der Waals surface area contributed by atoms with E-state index in [1.54, 1.807) is 0 Å². The summed E-state index contributed by atoms with van der Waals surface area (Å²) in [4.78, 5) is 26.3. The van der Waals surface area contributed by atoms with Crippen LogP contribution >= 0.6 is 0 Å². The standard InChI is InChI=1S/C18H25NO4/c1-22-18(21)16(8-7-15-5-3-2-4-6-15)13-17(20)14-19-9-11-23-12-10-19/h2-6,16H,7-14H2,1H3/t16-/m1/s1. The number of aryl methyl sites for hydroxylation is 1. The van der Waals surface area contributed by atoms with Crippen molar-refractivity contribution in [2.24, 2.45) is 5.92 Å². The normalized spacial score (nSPS) is 16.7. The van der Waals surface area contributed by atoms with Gasteiger partial charge in [-0.1, -0.05) is 30.3 Å². The summed E-state index contributed by atoms with van der Waals surface area (Å²) in [5.41, 5.74) is 1.17. The molecular weight excluding hydrogens is 294 g/mol. The molecule has 1 heterocycles. The van der Waals surface area contributed by atoms with Gasteiger partial charge in [0.25, 0.3) is 0 Å². The van der Waals surface area contributed by atoms with Crippen LogP contribution in [-0.2, 0) is 25.5 Å². The van der Waals surface area contributed by atoms with Gasteiger partial charge in [-0.05, 0) is 18.4 Å². The van der Waals surface area contributed by atoms with Crippen molar-refractivity contribution in [3.05, 3.63) is 35.9 Å². The number of morpholine rings is 1. The molecular formula is C18H25NO4. The Morgan fingerprint density at radius 3 is 2.57 bits per heavy atom. The number of hydrogen-bond acceptors (Lipinski definition) is 5. The van der Waals surface area contributed by atoms with Gasteiger partial charge in [-0.25, -0.2) is 0 Å². The minimum absolute atomic E-state index is 0.0929. The number of hydrogen-bond donors (Lipinski definition) is 0. The van der Waals surface area contributed by atoms with Gasteiger partial charge in [0.15, 0.2) is 0 Å². The molecule has 5 nitrogen and oxygen atoms in total. The van der Waals surface area contributed by atoms with Crippen molar-refractivity contribution >= 4 is 11.8 Å². The molecule has 0 aliphatic carbocycles. The van der Waals surface area contributed by atoms with Crippen LogP contribution in [0.1, 0.15) is 18.4 Å². The van der Waals surface area contributed by atoms with Crippen molar-refractivity contribution < 1.29 is 19.1 Å². The number of carbonyl (C=O) groups is 2. The topological polar surface area (TPSA) is 55.8 Å². The third kappa shape index (κ3) is 6.12. The van der Waals surface area contributed by atoms with Gasteiger partial charge >= 0.3 is 5.97 Å². The Hall–Kier alpha value is -1.72. The molecule has 1 aliphatic rings. The Morgan fingerprint density at radius 2 is 1.91 bits per heavy atom. The molecule has 1 aromatic rings. The van der Waals surface area contributed by atoms with Gasteiger partial charge in [0.2, 0.25) is 0 Å². The van der Waals surface area contributed by atoms with Gasteiger partial charge in [0.1, 0.15) is 5.78 Å². The van der Waals surface area contributed by atoms with Crippen LogP contribution in [-0.4, -0.2) is 56.6 Å². The average Bonchev–Trinajstić information content (AvgIpc) is 2.59. The third-order valence-corrected chi connectivity index (χ3v) is 4.14. The highest BCUT2D eigenvalue weighted by Gasteiger charge is 2.24. The van der Waals surface area contributed by atoms with Crippen molar-refractivity contribution in [2.45, 2.75) is 19.3 Å². The summed E-state index contributed by atoms with van der Waals surface area (Å²) in [5.74, 6) is -0.569. The van der Waals surface area contributed by atoms with E-state index in [2.05, 4.69) is 4.90 Å². The lowest BCUT2D eigenvalue weighted by atomic mass is 9.94. The largest absolute Gasteiger partial charge is 0.469 e. The molecule has 5 heteroatoms. The molecule has 0 aromatic heterocycles. The molecule has 0 amide bonds. The molecule has 23 heavy (non-hydrogen) atoms. The fourth-order valence-corrected chi connectivity index (χ4v) is 2.80. The molecule has 0 N–H and O–H groups in total. The number of ether oxygens (including phenoxy) is 2. The van der Waals surface area contributed by atoms with Crippen molar-refractivity contribution in [2.75, 3.05) is 40.0 Å². The fraction of sp³-hybridized carbons (Fsp3) is 0.556. The van der Waals surface area contributed by atoms with Gasteiger partial charge in [0.05, 0.1) is 32.8 Å². The van der Waals surface area contributed by atoms with E-state index in [-0.39, 0.29) is 24.1 Å². The molecule has 0 unspecified atom stereocenters. The smallest absolute Gasteiger partial charge is 0.309 e. The lowest BCUT2D eigenvalue weighted by Gasteiger charge is -2.26. The van der Waals surface area contributed by atoms with Crippen LogP contribution in [0.4, 0.5) is 0 Å². The molecule has 0 radical (unpaired) electrons. The maximum Gasteiger partial charge on any atom is 0.309 e. The number of Topliss-reactive ketones (excluding diaryl/α,β-unsaturated/α-hetero) is 1. The van der Waals surface area contributed by atoms with Crippen molar-refractivity contribution in [3.8, 4) is 0 Å². The highest BCUT2D eigenvalue weighted by molar-refractivity contribution is 5.85. The van der Waals surface area contributed by atoms with Gasteiger partial charge < -0.3 is 9.47 Å². The van der Waals surface area contributed by atoms with Crippen LogP contribution < -0.4 is 0 Å². The van der Waals surface area contributed by atoms with Crippen molar-refractivity contribution in [3.63, 3.8) is 0 Å². The zero-order valence-corrected chi connectivity index (χ0v) is 13.7. The second-order valence-electron chi connectivity index (χ2n) is 5.88. The van der Waals surface area contributed by atoms with Crippen LogP contribution in [0.3, 0.4) is 0 Å². The quantitative estimate of drug-likeness (QED) is 0.683. The van der Waals surface area contributed by atoms with Crippen LogP contribution in [0.15, 0.2) is 30.3 Å². The molecule has 2 rings (SSSR count). The molecule has 0 bridgehead atoms. The first-order chi connectivity index (χ1) is 11.2. The Labute approximate surface area is 137 Å². The highest BCUT2D eigenvalue weighted by atomic mass is 16.5. The lowest BCUT2D eigenvalue weighted by molar-refractivity contribution is -0.147. The maximum atomic E-state index is 12.3. The van der Waals surface area contributed by atoms with Gasteiger partial charge in [0, 0.05) is 19.5 Å². The number of methoxy groups -OCH3 is 1. The lowest BCUT2D eigenvalue weighted by Crippen LogP contribution is -2.40. The SMILES string of the molecule is COC(=O)[C@H](CCc1ccccc1)CC(=O)CN1CCOCC1. The molecule has 0 spiro atoms. The molecule has 0 saturated carbocycles. The number of benzene rings is 1. The van der Waals surface area contributed by atoms with E-state index in [9.17, 15) is 9.59 Å². The van der Waals surface area contributed by atoms with E-state index in [0.717, 1.165) is 19.5 Å². The first-order valence-electron chi connectivity index (χ1n) is 8.12. The number of nitrogens with zero attached hydrogens (tertiary/aromatic N) is 1. The van der Waals surface area contributed by atoms with Gasteiger partial charge in [-0.3, -0.25) is 14.5 Å². The summed E-state index contributed by atoms with van der Waals surface area (Å²) in [6.07, 6.45) is 1.65. The Morgan fingerprint density at radius 1 is 1.22 bits per heavy atom. The molecule has 1 aromatic carbocycles. The summed E-state index contributed by atoms with van der Waals surface area (Å²) in [5, 5.41) is 0. The van der Waals surface area contributed by atoms with E-state index >= 15 is 0 Å². The van der Waals surface area contributed by atoms with E-state index in [0.29, 0.717) is 26.2 Å². The van der Waals surface area contributed by atoms with Crippen LogP contribution in [0.2, 0.25) is 0 Å². The summed E-state index contributed by atoms with van der Waals surface area (Å²) in [6.45, 7) is 3.28. The first kappa shape index (κ1) is 17.6. The average molecular weight is 319 g/mol. The first-order valence-corrected chi connectivity index (χ1v) is 8.12. The summed E-state index contributed by atoms with van der Waals surface area (Å²) < 4.78 is 10.1. The van der Waals surface area contributed by atoms with E-state index in [4.69, 9.17) is 9.47 Å². The zero-order valence-electron chi connectivity index (χ0n) is 13.7. The van der Waals surface area contributed by atoms with Crippen LogP contribution in [0, 0.1) is 5.92 Å². The Bertz CT molecular complexity index is 497. The van der Waals surface area contributed by atoms with Gasteiger partial charge in [-0.2, -0.15) is 0 Å². The minimum Gasteiger partial charge on any atom is -0.469 e. The van der Waals surface area contributed by atoms with Gasteiger partial charge in [-0.15, -0.1) is 0 Å². The second-order valence-corrected chi connectivity index (χ2v) is 5.88. The Kier molecular flexibility index (Phi) is 7.23. The number of ketones is 1. The molecule has 126 valence electrons. The predicted octanol–water partition coefficient (Wildman–Crippen LogP) is 1.70. The summed E-state index contributed by atoms with van der Waals surface area (Å²) in [6, 6.07) is 9.99. The maximum absolute atomic E-state index is 12.3. The molecule has 1 aliphatic heterocycles. The number of esters is 1. The Balaban J connectivity index is 1.84. The number of rotatable bonds is 8. The zero-order chi connectivity index (χ0) is 16.5. The third-order valence-electron chi connectivity index (χ3n) is 4.14. The minimum atomic E-state index is -0.367. The summed E-state index contributed by atoms with van der Waals surface area (Å²) >= 11 is 0. The van der Waals surface area contributed by atoms with Crippen LogP contribution in [0.5, 0.6) is 0 Å². The highest BCUT2D eigenvalue weighted by Crippen LogP contribution is 2.16. The van der Waals surface area contributed by atoms with Crippen molar-refractivity contribution in [1.29, 1.82) is 0 Å². The molecule has 1 fully saturated rings. The van der Waals surface area contributed by atoms with E-state index in [1.807, 2.05) is 30.3 Å². The summed E-state index contributed by atoms with van der Waals surface area (Å²) in [7, 11) is 1.38. The second kappa shape index (κ2) is 9.43. The monoisotopic (exact) mass is 319 g/mol.